The standard InChI is InChI=1S/C10H12N6OS/c1-2-12-10-16-15-9(18-10)8(17)13-5-7-3-4-11-6-14-7/h3-4,6H,2,5H2,1H3,(H,12,16)(H,13,17). The van der Waals surface area contributed by atoms with Crippen LogP contribution in [0, 0.1) is 0 Å². The molecule has 0 aliphatic carbocycles. The predicted octanol–water partition coefficient (Wildman–Crippen LogP) is 0.690. The molecule has 0 bridgehead atoms. The first-order valence-electron chi connectivity index (χ1n) is 5.40. The maximum Gasteiger partial charge on any atom is 0.282 e. The summed E-state index contributed by atoms with van der Waals surface area (Å²) in [5, 5.41) is 14.4. The maximum absolute atomic E-state index is 11.8. The second-order valence-corrected chi connectivity index (χ2v) is 4.30. The summed E-state index contributed by atoms with van der Waals surface area (Å²) in [6, 6.07) is 1.74. The Morgan fingerprint density at radius 2 is 2.33 bits per heavy atom. The molecular formula is C10H12N6OS. The number of nitrogens with zero attached hydrogens (tertiary/aromatic N) is 4. The molecule has 7 nitrogen and oxygen atoms in total. The van der Waals surface area contributed by atoms with Crippen LogP contribution in [0.1, 0.15) is 22.4 Å². The van der Waals surface area contributed by atoms with Crippen molar-refractivity contribution in [3.05, 3.63) is 29.3 Å². The van der Waals surface area contributed by atoms with Crippen LogP contribution in [0.25, 0.3) is 0 Å². The maximum atomic E-state index is 11.8. The van der Waals surface area contributed by atoms with E-state index in [1.165, 1.54) is 17.7 Å². The zero-order valence-corrected chi connectivity index (χ0v) is 10.6. The van der Waals surface area contributed by atoms with E-state index in [-0.39, 0.29) is 5.91 Å². The predicted molar refractivity (Wildman–Crippen MR) is 67.3 cm³/mol. The van der Waals surface area contributed by atoms with E-state index in [0.717, 1.165) is 12.2 Å². The molecule has 0 spiro atoms. The van der Waals surface area contributed by atoms with E-state index in [4.69, 9.17) is 0 Å². The van der Waals surface area contributed by atoms with Gasteiger partial charge in [0.25, 0.3) is 5.91 Å². The number of rotatable bonds is 5. The van der Waals surface area contributed by atoms with Crippen molar-refractivity contribution in [1.82, 2.24) is 25.5 Å². The van der Waals surface area contributed by atoms with Crippen LogP contribution in [-0.2, 0) is 6.54 Å². The van der Waals surface area contributed by atoms with Gasteiger partial charge in [0.05, 0.1) is 12.2 Å². The number of hydrogen-bond acceptors (Lipinski definition) is 7. The van der Waals surface area contributed by atoms with Crippen molar-refractivity contribution in [2.24, 2.45) is 0 Å². The summed E-state index contributed by atoms with van der Waals surface area (Å²) in [4.78, 5) is 19.6. The van der Waals surface area contributed by atoms with Gasteiger partial charge in [-0.2, -0.15) is 0 Å². The zero-order valence-electron chi connectivity index (χ0n) is 9.75. The molecule has 2 aromatic rings. The second-order valence-electron chi connectivity index (χ2n) is 3.33. The molecule has 0 atom stereocenters. The first kappa shape index (κ1) is 12.4. The highest BCUT2D eigenvalue weighted by Crippen LogP contribution is 2.14. The average molecular weight is 264 g/mol. The van der Waals surface area contributed by atoms with Crippen LogP contribution in [-0.4, -0.2) is 32.6 Å². The van der Waals surface area contributed by atoms with E-state index < -0.39 is 0 Å². The number of amides is 1. The molecule has 0 saturated carbocycles. The van der Waals surface area contributed by atoms with Crippen molar-refractivity contribution in [1.29, 1.82) is 0 Å². The molecule has 0 aliphatic heterocycles. The van der Waals surface area contributed by atoms with Gasteiger partial charge in [0, 0.05) is 12.7 Å². The lowest BCUT2D eigenvalue weighted by atomic mass is 10.4. The lowest BCUT2D eigenvalue weighted by Gasteiger charge is -2.00. The van der Waals surface area contributed by atoms with Crippen LogP contribution in [0.2, 0.25) is 0 Å². The molecule has 0 aromatic carbocycles. The molecule has 0 fully saturated rings. The topological polar surface area (TPSA) is 92.7 Å². The van der Waals surface area contributed by atoms with Gasteiger partial charge in [-0.3, -0.25) is 4.79 Å². The number of aromatic nitrogens is 4. The van der Waals surface area contributed by atoms with Crippen molar-refractivity contribution < 1.29 is 4.79 Å². The molecule has 0 aliphatic rings. The van der Waals surface area contributed by atoms with E-state index in [0.29, 0.717) is 16.7 Å². The van der Waals surface area contributed by atoms with Gasteiger partial charge >= 0.3 is 0 Å². The second kappa shape index (κ2) is 6.01. The van der Waals surface area contributed by atoms with Crippen LogP contribution in [0.15, 0.2) is 18.6 Å². The molecule has 2 heterocycles. The quantitative estimate of drug-likeness (QED) is 0.825. The number of carbonyl (C=O) groups excluding carboxylic acids is 1. The molecule has 18 heavy (non-hydrogen) atoms. The minimum atomic E-state index is -0.254. The van der Waals surface area contributed by atoms with Gasteiger partial charge in [-0.1, -0.05) is 11.3 Å². The van der Waals surface area contributed by atoms with Gasteiger partial charge < -0.3 is 10.6 Å². The van der Waals surface area contributed by atoms with Gasteiger partial charge in [0.2, 0.25) is 10.1 Å². The summed E-state index contributed by atoms with van der Waals surface area (Å²) in [6.45, 7) is 3.05. The minimum absolute atomic E-state index is 0.254. The molecule has 0 unspecified atom stereocenters. The van der Waals surface area contributed by atoms with Gasteiger partial charge in [-0.15, -0.1) is 10.2 Å². The Kier molecular flexibility index (Phi) is 4.13. The van der Waals surface area contributed by atoms with E-state index in [2.05, 4.69) is 30.8 Å². The molecule has 2 aromatic heterocycles. The Morgan fingerprint density at radius 3 is 3.06 bits per heavy atom. The lowest BCUT2D eigenvalue weighted by molar-refractivity contribution is 0.0949. The molecule has 0 saturated heterocycles. The Bertz CT molecular complexity index is 514. The SMILES string of the molecule is CCNc1nnc(C(=O)NCc2ccncn2)s1. The average Bonchev–Trinajstić information content (AvgIpc) is 2.86. The fourth-order valence-electron chi connectivity index (χ4n) is 1.21. The molecular weight excluding hydrogens is 252 g/mol. The van der Waals surface area contributed by atoms with Crippen LogP contribution in [0.5, 0.6) is 0 Å². The number of nitrogens with one attached hydrogen (secondary N) is 2. The largest absolute Gasteiger partial charge is 0.360 e. The number of hydrogen-bond donors (Lipinski definition) is 2. The van der Waals surface area contributed by atoms with Crippen molar-refractivity contribution in [2.45, 2.75) is 13.5 Å². The normalized spacial score (nSPS) is 10.1. The smallest absolute Gasteiger partial charge is 0.282 e. The monoisotopic (exact) mass is 264 g/mol. The molecule has 0 radical (unpaired) electrons. The zero-order chi connectivity index (χ0) is 12.8. The first-order valence-corrected chi connectivity index (χ1v) is 6.21. The summed E-state index contributed by atoms with van der Waals surface area (Å²) < 4.78 is 0. The fraction of sp³-hybridized carbons (Fsp3) is 0.300. The van der Waals surface area contributed by atoms with Crippen molar-refractivity contribution >= 4 is 22.4 Å². The van der Waals surface area contributed by atoms with Crippen molar-refractivity contribution in [2.75, 3.05) is 11.9 Å². The van der Waals surface area contributed by atoms with Gasteiger partial charge in [-0.05, 0) is 13.0 Å². The molecule has 8 heteroatoms. The third kappa shape index (κ3) is 3.20. The van der Waals surface area contributed by atoms with E-state index in [9.17, 15) is 4.79 Å². The highest BCUT2D eigenvalue weighted by atomic mass is 32.1. The van der Waals surface area contributed by atoms with Crippen LogP contribution >= 0.6 is 11.3 Å². The fourth-order valence-corrected chi connectivity index (χ4v) is 1.93. The summed E-state index contributed by atoms with van der Waals surface area (Å²) in [7, 11) is 0. The van der Waals surface area contributed by atoms with Crippen molar-refractivity contribution in [3.8, 4) is 0 Å². The van der Waals surface area contributed by atoms with E-state index in [1.807, 2.05) is 6.92 Å². The van der Waals surface area contributed by atoms with Crippen LogP contribution in [0.4, 0.5) is 5.13 Å². The Morgan fingerprint density at radius 1 is 1.44 bits per heavy atom. The van der Waals surface area contributed by atoms with Gasteiger partial charge in [0.15, 0.2) is 0 Å². The Labute approximate surface area is 108 Å². The minimum Gasteiger partial charge on any atom is -0.360 e. The Hall–Kier alpha value is -2.09. The summed E-state index contributed by atoms with van der Waals surface area (Å²) in [5.74, 6) is -0.254. The number of carbonyl (C=O) groups is 1. The summed E-state index contributed by atoms with van der Waals surface area (Å²) in [6.07, 6.45) is 3.07. The highest BCUT2D eigenvalue weighted by Gasteiger charge is 2.12. The third-order valence-electron chi connectivity index (χ3n) is 2.02. The van der Waals surface area contributed by atoms with E-state index in [1.54, 1.807) is 12.3 Å². The summed E-state index contributed by atoms with van der Waals surface area (Å²) >= 11 is 1.22. The molecule has 94 valence electrons. The highest BCUT2D eigenvalue weighted by molar-refractivity contribution is 7.17. The Balaban J connectivity index is 1.91. The number of anilines is 1. The lowest BCUT2D eigenvalue weighted by Crippen LogP contribution is -2.23. The van der Waals surface area contributed by atoms with Crippen LogP contribution in [0.3, 0.4) is 0 Å². The molecule has 2 N–H and O–H groups in total. The van der Waals surface area contributed by atoms with Gasteiger partial charge in [-0.25, -0.2) is 9.97 Å². The third-order valence-corrected chi connectivity index (χ3v) is 2.90. The van der Waals surface area contributed by atoms with E-state index >= 15 is 0 Å². The van der Waals surface area contributed by atoms with Crippen LogP contribution < -0.4 is 10.6 Å². The summed E-state index contributed by atoms with van der Waals surface area (Å²) in [5.41, 5.74) is 0.745. The van der Waals surface area contributed by atoms with Gasteiger partial charge in [0.1, 0.15) is 6.33 Å². The van der Waals surface area contributed by atoms with Crippen molar-refractivity contribution in [3.63, 3.8) is 0 Å². The molecule has 2 rings (SSSR count). The molecule has 1 amide bonds. The first-order chi connectivity index (χ1) is 8.79.